The number of aromatic nitrogens is 2. The van der Waals surface area contributed by atoms with Crippen LogP contribution in [0, 0.1) is 0 Å². The molecule has 4 rings (SSSR count). The van der Waals surface area contributed by atoms with Crippen LogP contribution >= 0.6 is 39.1 Å². The van der Waals surface area contributed by atoms with E-state index in [1.165, 1.54) is 13.3 Å². The van der Waals surface area contributed by atoms with E-state index in [1.54, 1.807) is 54.6 Å². The fraction of sp³-hybridized carbons (Fsp3) is 0.0870. The highest BCUT2D eigenvalue weighted by molar-refractivity contribution is 9.10. The highest BCUT2D eigenvalue weighted by atomic mass is 79.9. The van der Waals surface area contributed by atoms with E-state index in [2.05, 4.69) is 26.0 Å². The van der Waals surface area contributed by atoms with Gasteiger partial charge >= 0.3 is 5.69 Å². The Labute approximate surface area is 206 Å². The SMILES string of the molecule is COc1cc(C=Nn2c(=O)[nH]c3ccccc3c2=O)cc(Br)c1OCc1ccc(Cl)cc1Cl. The maximum Gasteiger partial charge on any atom is 0.349 e. The molecule has 0 aliphatic heterocycles. The van der Waals surface area contributed by atoms with E-state index < -0.39 is 11.2 Å². The summed E-state index contributed by atoms with van der Waals surface area (Å²) in [5, 5.41) is 5.46. The third-order valence-corrected chi connectivity index (χ3v) is 5.92. The lowest BCUT2D eigenvalue weighted by atomic mass is 10.2. The lowest BCUT2D eigenvalue weighted by Crippen LogP contribution is -2.32. The first-order chi connectivity index (χ1) is 15.9. The topological polar surface area (TPSA) is 85.7 Å². The number of hydrogen-bond donors (Lipinski definition) is 1. The van der Waals surface area contributed by atoms with Gasteiger partial charge in [0.2, 0.25) is 0 Å². The molecule has 168 valence electrons. The van der Waals surface area contributed by atoms with Crippen molar-refractivity contribution < 1.29 is 9.47 Å². The minimum atomic E-state index is -0.638. The summed E-state index contributed by atoms with van der Waals surface area (Å²) in [7, 11) is 1.50. The number of methoxy groups -OCH3 is 1. The number of ether oxygens (including phenoxy) is 2. The number of nitrogens with zero attached hydrogens (tertiary/aromatic N) is 2. The predicted octanol–water partition coefficient (Wildman–Crippen LogP) is 5.23. The quantitative estimate of drug-likeness (QED) is 0.334. The van der Waals surface area contributed by atoms with E-state index in [0.29, 0.717) is 42.5 Å². The molecule has 4 aromatic rings. The monoisotopic (exact) mass is 547 g/mol. The fourth-order valence-corrected chi connectivity index (χ4v) is 4.16. The van der Waals surface area contributed by atoms with Gasteiger partial charge in [0.1, 0.15) is 6.61 Å². The first-order valence-corrected chi connectivity index (χ1v) is 11.1. The van der Waals surface area contributed by atoms with Crippen LogP contribution in [0.25, 0.3) is 10.9 Å². The summed E-state index contributed by atoms with van der Waals surface area (Å²) in [5.74, 6) is 0.886. The van der Waals surface area contributed by atoms with Gasteiger partial charge in [0.05, 0.1) is 28.7 Å². The highest BCUT2D eigenvalue weighted by Crippen LogP contribution is 2.37. The number of hydrogen-bond acceptors (Lipinski definition) is 5. The van der Waals surface area contributed by atoms with E-state index in [9.17, 15) is 9.59 Å². The van der Waals surface area contributed by atoms with Crippen LogP contribution in [-0.4, -0.2) is 23.0 Å². The van der Waals surface area contributed by atoms with Crippen molar-refractivity contribution in [1.29, 1.82) is 0 Å². The molecule has 0 radical (unpaired) electrons. The van der Waals surface area contributed by atoms with E-state index in [0.717, 1.165) is 10.2 Å². The van der Waals surface area contributed by atoms with Gasteiger partial charge in [0.15, 0.2) is 11.5 Å². The lowest BCUT2D eigenvalue weighted by Gasteiger charge is -2.14. The summed E-state index contributed by atoms with van der Waals surface area (Å²) in [6.07, 6.45) is 1.39. The smallest absolute Gasteiger partial charge is 0.349 e. The molecule has 0 unspecified atom stereocenters. The molecule has 0 saturated heterocycles. The Morgan fingerprint density at radius 1 is 1.12 bits per heavy atom. The number of benzene rings is 3. The molecule has 1 aromatic heterocycles. The summed E-state index contributed by atoms with van der Waals surface area (Å²) < 4.78 is 12.7. The number of fused-ring (bicyclic) bond motifs is 1. The zero-order valence-electron chi connectivity index (χ0n) is 17.1. The Morgan fingerprint density at radius 2 is 1.91 bits per heavy atom. The average molecular weight is 549 g/mol. The first-order valence-electron chi connectivity index (χ1n) is 9.60. The van der Waals surface area contributed by atoms with Gasteiger partial charge in [0, 0.05) is 15.6 Å². The average Bonchev–Trinajstić information content (AvgIpc) is 2.79. The molecule has 7 nitrogen and oxygen atoms in total. The molecule has 0 fully saturated rings. The number of rotatable bonds is 6. The summed E-state index contributed by atoms with van der Waals surface area (Å²) in [6.45, 7) is 0.195. The van der Waals surface area contributed by atoms with Crippen LogP contribution < -0.4 is 20.7 Å². The Balaban J connectivity index is 1.63. The molecule has 0 atom stereocenters. The molecular formula is C23H16BrCl2N3O4. The van der Waals surface area contributed by atoms with Crippen LogP contribution in [0.3, 0.4) is 0 Å². The maximum absolute atomic E-state index is 12.6. The van der Waals surface area contributed by atoms with E-state index in [1.807, 2.05) is 0 Å². The van der Waals surface area contributed by atoms with Crippen molar-refractivity contribution in [3.05, 3.63) is 101 Å². The van der Waals surface area contributed by atoms with Gasteiger partial charge in [-0.2, -0.15) is 5.10 Å². The molecule has 0 saturated carbocycles. The number of aromatic amines is 1. The molecule has 1 N–H and O–H groups in total. The summed E-state index contributed by atoms with van der Waals surface area (Å²) in [5.41, 5.74) is 0.633. The van der Waals surface area contributed by atoms with Crippen LogP contribution in [0.4, 0.5) is 0 Å². The number of halogens is 3. The number of nitrogens with one attached hydrogen (secondary N) is 1. The molecule has 0 bridgehead atoms. The zero-order valence-corrected chi connectivity index (χ0v) is 20.2. The Morgan fingerprint density at radius 3 is 2.67 bits per heavy atom. The molecule has 3 aromatic carbocycles. The standard InChI is InChI=1S/C23H16BrCl2N3O4/c1-32-20-9-13(8-17(24)21(20)33-12-14-6-7-15(25)10-18(14)26)11-27-29-22(30)16-4-2-3-5-19(16)28-23(29)31/h2-11H,12H2,1H3,(H,28,31). The predicted molar refractivity (Wildman–Crippen MR) is 133 cm³/mol. The van der Waals surface area contributed by atoms with E-state index in [4.69, 9.17) is 32.7 Å². The van der Waals surface area contributed by atoms with Gasteiger partial charge in [0.25, 0.3) is 5.56 Å². The highest BCUT2D eigenvalue weighted by Gasteiger charge is 2.13. The van der Waals surface area contributed by atoms with Gasteiger partial charge in [-0.25, -0.2) is 4.79 Å². The minimum absolute atomic E-state index is 0.195. The number of H-pyrrole nitrogens is 1. The molecule has 0 spiro atoms. The normalized spacial score (nSPS) is 11.3. The van der Waals surface area contributed by atoms with Crippen LogP contribution in [-0.2, 0) is 6.61 Å². The molecule has 0 aliphatic carbocycles. The second-order valence-electron chi connectivity index (χ2n) is 6.90. The van der Waals surface area contributed by atoms with Crippen LogP contribution in [0.15, 0.2) is 73.8 Å². The van der Waals surface area contributed by atoms with Crippen LogP contribution in [0.5, 0.6) is 11.5 Å². The second kappa shape index (κ2) is 9.82. The van der Waals surface area contributed by atoms with Gasteiger partial charge in [-0.05, 0) is 57.9 Å². The first kappa shape index (κ1) is 23.1. The van der Waals surface area contributed by atoms with Crippen LogP contribution in [0.2, 0.25) is 10.0 Å². The van der Waals surface area contributed by atoms with Crippen LogP contribution in [0.1, 0.15) is 11.1 Å². The second-order valence-corrected chi connectivity index (χ2v) is 8.59. The van der Waals surface area contributed by atoms with Gasteiger partial charge in [-0.15, -0.1) is 4.68 Å². The summed E-state index contributed by atoms with van der Waals surface area (Å²) in [4.78, 5) is 27.6. The molecular weight excluding hydrogens is 533 g/mol. The Hall–Kier alpha value is -3.07. The fourth-order valence-electron chi connectivity index (χ4n) is 3.13. The molecule has 33 heavy (non-hydrogen) atoms. The van der Waals surface area contributed by atoms with Crippen molar-refractivity contribution in [3.8, 4) is 11.5 Å². The van der Waals surface area contributed by atoms with Crippen molar-refractivity contribution >= 4 is 56.2 Å². The van der Waals surface area contributed by atoms with Gasteiger partial charge < -0.3 is 14.5 Å². The Kier molecular flexibility index (Phi) is 6.88. The van der Waals surface area contributed by atoms with E-state index >= 15 is 0 Å². The van der Waals surface area contributed by atoms with Crippen molar-refractivity contribution in [1.82, 2.24) is 9.66 Å². The summed E-state index contributed by atoms with van der Waals surface area (Å²) in [6, 6.07) is 15.3. The third-order valence-electron chi connectivity index (χ3n) is 4.74. The Bertz CT molecular complexity index is 1500. The zero-order chi connectivity index (χ0) is 23.5. The van der Waals surface area contributed by atoms with Gasteiger partial charge in [-0.3, -0.25) is 4.79 Å². The van der Waals surface area contributed by atoms with Crippen molar-refractivity contribution in [3.63, 3.8) is 0 Å². The van der Waals surface area contributed by atoms with Crippen molar-refractivity contribution in [2.45, 2.75) is 6.61 Å². The molecule has 1 heterocycles. The van der Waals surface area contributed by atoms with Crippen molar-refractivity contribution in [2.24, 2.45) is 5.10 Å². The lowest BCUT2D eigenvalue weighted by molar-refractivity contribution is 0.282. The molecule has 10 heteroatoms. The molecule has 0 aliphatic rings. The number of para-hydroxylation sites is 1. The largest absolute Gasteiger partial charge is 0.493 e. The summed E-state index contributed by atoms with van der Waals surface area (Å²) >= 11 is 15.6. The van der Waals surface area contributed by atoms with E-state index in [-0.39, 0.29) is 6.61 Å². The maximum atomic E-state index is 12.6. The van der Waals surface area contributed by atoms with Crippen molar-refractivity contribution in [2.75, 3.05) is 7.11 Å². The third kappa shape index (κ3) is 4.98. The van der Waals surface area contributed by atoms with Gasteiger partial charge in [-0.1, -0.05) is 41.4 Å². The molecule has 0 amide bonds. The minimum Gasteiger partial charge on any atom is -0.493 e.